The van der Waals surface area contributed by atoms with E-state index in [1.54, 1.807) is 0 Å². The molecule has 2 aromatic rings. The first-order valence-corrected chi connectivity index (χ1v) is 7.07. The van der Waals surface area contributed by atoms with Crippen LogP contribution in [0.15, 0.2) is 53.6 Å². The van der Waals surface area contributed by atoms with Gasteiger partial charge in [0.15, 0.2) is 0 Å². The Morgan fingerprint density at radius 3 is 2.38 bits per heavy atom. The van der Waals surface area contributed by atoms with E-state index in [2.05, 4.69) is 28.0 Å². The minimum Gasteiger partial charge on any atom is -0.298 e. The molecule has 2 rings (SSSR count). The summed E-state index contributed by atoms with van der Waals surface area (Å²) < 4.78 is 0. The lowest BCUT2D eigenvalue weighted by Crippen LogP contribution is -2.18. The Balaban J connectivity index is 2.03. The average molecular weight is 301 g/mol. The maximum Gasteiger partial charge on any atom is 0.0514 e. The van der Waals surface area contributed by atoms with E-state index in [1.807, 2.05) is 42.5 Å². The topological polar surface area (TPSA) is 52.0 Å². The Bertz CT molecular complexity index is 633. The van der Waals surface area contributed by atoms with Gasteiger partial charge in [0.1, 0.15) is 0 Å². The van der Waals surface area contributed by atoms with Gasteiger partial charge in [-0.2, -0.15) is 0 Å². The minimum absolute atomic E-state index is 0.390. The molecule has 2 aromatic carbocycles. The van der Waals surface area contributed by atoms with Crippen LogP contribution < -0.4 is 0 Å². The lowest BCUT2D eigenvalue weighted by atomic mass is 10.1. The van der Waals surface area contributed by atoms with Crippen LogP contribution in [0.3, 0.4) is 0 Å². The molecule has 0 saturated heterocycles. The molecule has 0 heterocycles. The zero-order valence-corrected chi connectivity index (χ0v) is 12.7. The average Bonchev–Trinajstić information content (AvgIpc) is 2.49. The third-order valence-electron chi connectivity index (χ3n) is 3.23. The fraction of sp³-hybridized carbons (Fsp3) is 0.250. The maximum atomic E-state index is 8.45. The summed E-state index contributed by atoms with van der Waals surface area (Å²) in [5.41, 5.74) is 11.9. The molecule has 0 aliphatic heterocycles. The van der Waals surface area contributed by atoms with Crippen LogP contribution in [0.1, 0.15) is 16.7 Å². The Morgan fingerprint density at radius 2 is 1.71 bits per heavy atom. The molecule has 0 unspecified atom stereocenters. The van der Waals surface area contributed by atoms with Crippen molar-refractivity contribution < 1.29 is 0 Å². The highest BCUT2D eigenvalue weighted by Crippen LogP contribution is 2.15. The first kappa shape index (κ1) is 15.4. The predicted octanol–water partition coefficient (Wildman–Crippen LogP) is 4.78. The number of rotatable bonds is 6. The van der Waals surface area contributed by atoms with E-state index in [1.165, 1.54) is 11.1 Å². The van der Waals surface area contributed by atoms with E-state index in [0.29, 0.717) is 6.54 Å². The van der Waals surface area contributed by atoms with Crippen molar-refractivity contribution in [2.24, 2.45) is 5.11 Å². The number of hydrogen-bond acceptors (Lipinski definition) is 2. The predicted molar refractivity (Wildman–Crippen MR) is 85.9 cm³/mol. The Kier molecular flexibility index (Phi) is 5.64. The molecule has 0 bridgehead atoms. The van der Waals surface area contributed by atoms with E-state index in [9.17, 15) is 0 Å². The molecular formula is C16H17ClN4. The van der Waals surface area contributed by atoms with Crippen molar-refractivity contribution in [1.29, 1.82) is 0 Å². The number of nitrogens with zero attached hydrogens (tertiary/aromatic N) is 4. The quantitative estimate of drug-likeness (QED) is 0.430. The molecule has 4 nitrogen and oxygen atoms in total. The first-order chi connectivity index (χ1) is 10.2. The van der Waals surface area contributed by atoms with Crippen LogP contribution in [0.2, 0.25) is 5.02 Å². The van der Waals surface area contributed by atoms with Crippen LogP contribution in [0, 0.1) is 0 Å². The molecule has 21 heavy (non-hydrogen) atoms. The highest BCUT2D eigenvalue weighted by molar-refractivity contribution is 6.30. The minimum atomic E-state index is 0.390. The standard InChI is InChI=1S/C16H17ClN4/c1-21(11-13-6-8-16(17)9-7-13)12-15-5-3-2-4-14(15)10-19-20-18/h2-9H,10-12H2,1H3. The Morgan fingerprint density at radius 1 is 1.05 bits per heavy atom. The summed E-state index contributed by atoms with van der Waals surface area (Å²) in [4.78, 5) is 5.05. The van der Waals surface area contributed by atoms with Crippen LogP contribution in [0.5, 0.6) is 0 Å². The summed E-state index contributed by atoms with van der Waals surface area (Å²) in [6.07, 6.45) is 0. The fourth-order valence-electron chi connectivity index (χ4n) is 2.22. The molecule has 0 N–H and O–H groups in total. The zero-order chi connectivity index (χ0) is 15.1. The monoisotopic (exact) mass is 300 g/mol. The van der Waals surface area contributed by atoms with Crippen molar-refractivity contribution in [3.8, 4) is 0 Å². The van der Waals surface area contributed by atoms with Crippen molar-refractivity contribution in [3.05, 3.63) is 80.7 Å². The summed E-state index contributed by atoms with van der Waals surface area (Å²) in [6, 6.07) is 15.9. The van der Waals surface area contributed by atoms with Crippen LogP contribution in [0.4, 0.5) is 0 Å². The van der Waals surface area contributed by atoms with Crippen LogP contribution in [0.25, 0.3) is 10.4 Å². The van der Waals surface area contributed by atoms with Gasteiger partial charge in [-0.05, 0) is 41.4 Å². The van der Waals surface area contributed by atoms with E-state index in [0.717, 1.165) is 23.7 Å². The van der Waals surface area contributed by atoms with Crippen LogP contribution >= 0.6 is 11.6 Å². The summed E-state index contributed by atoms with van der Waals surface area (Å²) in [5, 5.41) is 4.40. The third-order valence-corrected chi connectivity index (χ3v) is 3.48. The molecule has 0 atom stereocenters. The molecule has 108 valence electrons. The summed E-state index contributed by atoms with van der Waals surface area (Å²) in [5.74, 6) is 0. The van der Waals surface area contributed by atoms with E-state index >= 15 is 0 Å². The van der Waals surface area contributed by atoms with E-state index in [-0.39, 0.29) is 0 Å². The summed E-state index contributed by atoms with van der Waals surface area (Å²) >= 11 is 5.89. The van der Waals surface area contributed by atoms with Gasteiger partial charge in [0, 0.05) is 23.0 Å². The smallest absolute Gasteiger partial charge is 0.0514 e. The van der Waals surface area contributed by atoms with Gasteiger partial charge < -0.3 is 0 Å². The van der Waals surface area contributed by atoms with Crippen LogP contribution in [-0.2, 0) is 19.6 Å². The lowest BCUT2D eigenvalue weighted by Gasteiger charge is -2.18. The molecule has 0 amide bonds. The molecule has 0 spiro atoms. The van der Waals surface area contributed by atoms with Crippen molar-refractivity contribution in [1.82, 2.24) is 4.90 Å². The number of halogens is 1. The molecule has 0 aliphatic rings. The van der Waals surface area contributed by atoms with Crippen LogP contribution in [-0.4, -0.2) is 11.9 Å². The van der Waals surface area contributed by atoms with Gasteiger partial charge in [-0.1, -0.05) is 53.1 Å². The molecule has 0 saturated carbocycles. The van der Waals surface area contributed by atoms with Gasteiger partial charge in [-0.15, -0.1) is 0 Å². The molecule has 0 aromatic heterocycles. The maximum absolute atomic E-state index is 8.45. The van der Waals surface area contributed by atoms with Crippen molar-refractivity contribution >= 4 is 11.6 Å². The number of hydrogen-bond donors (Lipinski definition) is 0. The van der Waals surface area contributed by atoms with E-state index < -0.39 is 0 Å². The second kappa shape index (κ2) is 7.70. The largest absolute Gasteiger partial charge is 0.298 e. The lowest BCUT2D eigenvalue weighted by molar-refractivity contribution is 0.318. The molecule has 0 radical (unpaired) electrons. The van der Waals surface area contributed by atoms with Gasteiger partial charge in [0.25, 0.3) is 0 Å². The van der Waals surface area contributed by atoms with E-state index in [4.69, 9.17) is 17.1 Å². The fourth-order valence-corrected chi connectivity index (χ4v) is 2.35. The highest BCUT2D eigenvalue weighted by Gasteiger charge is 2.05. The van der Waals surface area contributed by atoms with Gasteiger partial charge >= 0.3 is 0 Å². The third kappa shape index (κ3) is 4.80. The van der Waals surface area contributed by atoms with Crippen molar-refractivity contribution in [3.63, 3.8) is 0 Å². The zero-order valence-electron chi connectivity index (χ0n) is 11.9. The summed E-state index contributed by atoms with van der Waals surface area (Å²) in [7, 11) is 2.07. The first-order valence-electron chi connectivity index (χ1n) is 6.69. The number of benzene rings is 2. The van der Waals surface area contributed by atoms with Gasteiger partial charge in [0.05, 0.1) is 6.54 Å². The van der Waals surface area contributed by atoms with Crippen molar-refractivity contribution in [2.45, 2.75) is 19.6 Å². The Hall–Kier alpha value is -2.00. The SMILES string of the molecule is CN(Cc1ccc(Cl)cc1)Cc1ccccc1CN=[N+]=[N-]. The second-order valence-corrected chi connectivity index (χ2v) is 5.39. The summed E-state index contributed by atoms with van der Waals surface area (Å²) in [6.45, 7) is 2.04. The van der Waals surface area contributed by atoms with Gasteiger partial charge in [-0.3, -0.25) is 4.90 Å². The molecule has 5 heteroatoms. The normalized spacial score (nSPS) is 10.4. The molecule has 0 aliphatic carbocycles. The van der Waals surface area contributed by atoms with Gasteiger partial charge in [-0.25, -0.2) is 0 Å². The Labute approximate surface area is 129 Å². The molecular weight excluding hydrogens is 284 g/mol. The number of azide groups is 1. The van der Waals surface area contributed by atoms with Crippen molar-refractivity contribution in [2.75, 3.05) is 7.05 Å². The molecule has 0 fully saturated rings. The highest BCUT2D eigenvalue weighted by atomic mass is 35.5. The second-order valence-electron chi connectivity index (χ2n) is 4.96. The van der Waals surface area contributed by atoms with Gasteiger partial charge in [0.2, 0.25) is 0 Å².